The molecule has 0 bridgehead atoms. The fourth-order valence-electron chi connectivity index (χ4n) is 6.02. The zero-order chi connectivity index (χ0) is 19.2. The van der Waals surface area contributed by atoms with E-state index in [1.54, 1.807) is 0 Å². The van der Waals surface area contributed by atoms with Crippen molar-refractivity contribution in [1.82, 2.24) is 0 Å². The number of Topliss-reactive ketones (excluding diaryl/α,β-unsaturated/α-hetero) is 1. The van der Waals surface area contributed by atoms with E-state index in [-0.39, 0.29) is 5.41 Å². The van der Waals surface area contributed by atoms with Gasteiger partial charge in [0, 0.05) is 25.9 Å². The van der Waals surface area contributed by atoms with Gasteiger partial charge in [0.05, 0.1) is 5.69 Å². The van der Waals surface area contributed by atoms with Crippen LogP contribution in [0.1, 0.15) is 56.1 Å². The zero-order valence-corrected chi connectivity index (χ0v) is 17.0. The van der Waals surface area contributed by atoms with E-state index < -0.39 is 0 Å². The Kier molecular flexibility index (Phi) is 5.14. The summed E-state index contributed by atoms with van der Waals surface area (Å²) >= 11 is 0.712. The van der Waals surface area contributed by atoms with Crippen molar-refractivity contribution in [2.24, 2.45) is 23.1 Å². The van der Waals surface area contributed by atoms with Gasteiger partial charge in [-0.3, -0.25) is 4.79 Å². The number of nitrogens with two attached hydrogens (primary N) is 1. The first kappa shape index (κ1) is 19.1. The van der Waals surface area contributed by atoms with Crippen LogP contribution in [0.25, 0.3) is 0 Å². The molecule has 2 saturated carbocycles. The maximum Gasteiger partial charge on any atom is 0.260 e. The third-order valence-corrected chi connectivity index (χ3v) is 7.58. The van der Waals surface area contributed by atoms with E-state index in [0.717, 1.165) is 50.0 Å². The van der Waals surface area contributed by atoms with E-state index in [1.165, 1.54) is 11.1 Å². The molecule has 27 heavy (non-hydrogen) atoms. The second-order valence-electron chi connectivity index (χ2n) is 8.52. The van der Waals surface area contributed by atoms with Gasteiger partial charge >= 0.3 is 0 Å². The molecule has 2 N–H and O–H groups in total. The second kappa shape index (κ2) is 7.28. The van der Waals surface area contributed by atoms with Crippen LogP contribution in [0.5, 0.6) is 5.75 Å². The number of nitrogens with zero attached hydrogens (tertiary/aromatic N) is 1. The summed E-state index contributed by atoms with van der Waals surface area (Å²) in [5.41, 5.74) is 3.81. The van der Waals surface area contributed by atoms with Gasteiger partial charge in [-0.1, -0.05) is 13.0 Å². The molecule has 0 saturated heterocycles. The highest BCUT2D eigenvalue weighted by molar-refractivity contribution is 7.90. The molecule has 4 atom stereocenters. The van der Waals surface area contributed by atoms with Crippen molar-refractivity contribution < 1.29 is 18.3 Å². The molecule has 7 heteroatoms. The summed E-state index contributed by atoms with van der Waals surface area (Å²) in [6.45, 7) is 2.22. The number of carbonyl (C=O) groups excluding carboxylic acids is 1. The standard InChI is InChI=1S/C20H28N2O4S/c1-20-11-10-13-12-6-8-17(24-27-26-25-21)19(22(2)3)15(12)5-4-14(13)16(20)7-9-18(20)23/h6,8,13-14,16H,4-5,7,9-11,21H2,1-3H3. The first-order chi connectivity index (χ1) is 13.0. The third kappa shape index (κ3) is 3.05. The summed E-state index contributed by atoms with van der Waals surface area (Å²) in [4.78, 5) is 18.7. The molecule has 148 valence electrons. The van der Waals surface area contributed by atoms with Crippen LogP contribution in [0.15, 0.2) is 12.1 Å². The minimum absolute atomic E-state index is 0.0810. The molecule has 0 aromatic heterocycles. The fourth-order valence-corrected chi connectivity index (χ4v) is 6.29. The minimum Gasteiger partial charge on any atom is -0.396 e. The van der Waals surface area contributed by atoms with Crippen LogP contribution in [-0.4, -0.2) is 19.9 Å². The van der Waals surface area contributed by atoms with Crippen molar-refractivity contribution in [1.29, 1.82) is 0 Å². The summed E-state index contributed by atoms with van der Waals surface area (Å²) in [5.74, 6) is 7.82. The Labute approximate surface area is 165 Å². The highest BCUT2D eigenvalue weighted by atomic mass is 32.2. The Hall–Kier alpha value is -1.28. The van der Waals surface area contributed by atoms with Crippen LogP contribution in [0, 0.1) is 17.3 Å². The van der Waals surface area contributed by atoms with Crippen LogP contribution < -0.4 is 15.0 Å². The van der Waals surface area contributed by atoms with Crippen LogP contribution in [-0.2, 0) is 20.5 Å². The number of hydrogen-bond acceptors (Lipinski definition) is 7. The molecule has 0 aliphatic heterocycles. The van der Waals surface area contributed by atoms with Gasteiger partial charge in [0.1, 0.15) is 5.78 Å². The van der Waals surface area contributed by atoms with Crippen molar-refractivity contribution in [3.8, 4) is 5.75 Å². The lowest BCUT2D eigenvalue weighted by Crippen LogP contribution is -2.42. The predicted molar refractivity (Wildman–Crippen MR) is 105 cm³/mol. The van der Waals surface area contributed by atoms with E-state index in [0.29, 0.717) is 35.9 Å². The van der Waals surface area contributed by atoms with E-state index >= 15 is 0 Å². The number of fused-ring (bicyclic) bond motifs is 5. The molecule has 1 aromatic rings. The summed E-state index contributed by atoms with van der Waals surface area (Å²) in [5, 5.41) is 0. The highest BCUT2D eigenvalue weighted by Crippen LogP contribution is 2.60. The van der Waals surface area contributed by atoms with E-state index in [2.05, 4.69) is 27.2 Å². The highest BCUT2D eigenvalue weighted by Gasteiger charge is 2.54. The van der Waals surface area contributed by atoms with Crippen molar-refractivity contribution in [3.63, 3.8) is 0 Å². The number of ketones is 1. The van der Waals surface area contributed by atoms with Gasteiger partial charge in [0.25, 0.3) is 12.3 Å². The lowest BCUT2D eigenvalue weighted by molar-refractivity contribution is -0.199. The van der Waals surface area contributed by atoms with Gasteiger partial charge in [0.15, 0.2) is 5.75 Å². The fraction of sp³-hybridized carbons (Fsp3) is 0.650. The van der Waals surface area contributed by atoms with Crippen molar-refractivity contribution in [3.05, 3.63) is 23.3 Å². The van der Waals surface area contributed by atoms with Gasteiger partial charge in [-0.15, -0.1) is 9.32 Å². The molecule has 1 aromatic carbocycles. The normalized spacial score (nSPS) is 31.9. The molecule has 0 spiro atoms. The molecule has 2 fully saturated rings. The molecular weight excluding hydrogens is 364 g/mol. The largest absolute Gasteiger partial charge is 0.396 e. The Morgan fingerprint density at radius 2 is 2.04 bits per heavy atom. The SMILES string of the molecule is CN(C)c1c(OSOON)ccc2c1CCC1C2CCC2(C)C(=O)CCC12. The number of anilines is 1. The van der Waals surface area contributed by atoms with E-state index in [1.807, 2.05) is 20.2 Å². The van der Waals surface area contributed by atoms with Crippen molar-refractivity contribution >= 4 is 23.8 Å². The number of benzene rings is 1. The van der Waals surface area contributed by atoms with Gasteiger partial charge in [0.2, 0.25) is 0 Å². The zero-order valence-electron chi connectivity index (χ0n) is 16.2. The molecule has 0 heterocycles. The Morgan fingerprint density at radius 3 is 2.78 bits per heavy atom. The van der Waals surface area contributed by atoms with Gasteiger partial charge in [-0.05, 0) is 67.1 Å². The van der Waals surface area contributed by atoms with Crippen molar-refractivity contribution in [2.75, 3.05) is 19.0 Å². The summed E-state index contributed by atoms with van der Waals surface area (Å²) in [6, 6.07) is 4.22. The second-order valence-corrected chi connectivity index (χ2v) is 8.96. The Balaban J connectivity index is 1.67. The third-order valence-electron chi connectivity index (χ3n) is 7.19. The van der Waals surface area contributed by atoms with Crippen LogP contribution in [0.4, 0.5) is 5.69 Å². The molecule has 6 nitrogen and oxygen atoms in total. The first-order valence-electron chi connectivity index (χ1n) is 9.70. The maximum absolute atomic E-state index is 12.5. The number of hydrogen-bond donors (Lipinski definition) is 1. The lowest BCUT2D eigenvalue weighted by Gasteiger charge is -2.48. The van der Waals surface area contributed by atoms with Crippen LogP contribution in [0.2, 0.25) is 0 Å². The summed E-state index contributed by atoms with van der Waals surface area (Å²) in [7, 11) is 4.07. The average molecular weight is 393 g/mol. The van der Waals surface area contributed by atoms with Crippen LogP contribution in [0.3, 0.4) is 0 Å². The lowest BCUT2D eigenvalue weighted by atomic mass is 9.55. The first-order valence-corrected chi connectivity index (χ1v) is 10.4. The summed E-state index contributed by atoms with van der Waals surface area (Å²) in [6.07, 6.45) is 6.12. The number of carbonyl (C=O) groups is 1. The van der Waals surface area contributed by atoms with E-state index in [9.17, 15) is 4.79 Å². The van der Waals surface area contributed by atoms with E-state index in [4.69, 9.17) is 10.1 Å². The predicted octanol–water partition coefficient (Wildman–Crippen LogP) is 3.94. The molecular formula is C20H28N2O4S. The van der Waals surface area contributed by atoms with Gasteiger partial charge in [-0.25, -0.2) is 0 Å². The topological polar surface area (TPSA) is 74.0 Å². The quantitative estimate of drug-likeness (QED) is 0.352. The monoisotopic (exact) mass is 392 g/mol. The average Bonchev–Trinajstić information content (AvgIpc) is 2.96. The van der Waals surface area contributed by atoms with Crippen LogP contribution >= 0.6 is 12.3 Å². The Bertz CT molecular complexity index is 741. The number of rotatable bonds is 5. The van der Waals surface area contributed by atoms with Gasteiger partial charge < -0.3 is 9.08 Å². The minimum atomic E-state index is -0.0810. The Morgan fingerprint density at radius 1 is 1.22 bits per heavy atom. The molecule has 0 radical (unpaired) electrons. The van der Waals surface area contributed by atoms with Crippen molar-refractivity contribution in [2.45, 2.75) is 51.4 Å². The van der Waals surface area contributed by atoms with Gasteiger partial charge in [-0.2, -0.15) is 5.90 Å². The maximum atomic E-state index is 12.5. The molecule has 0 amide bonds. The molecule has 3 aliphatic carbocycles. The smallest absolute Gasteiger partial charge is 0.260 e. The molecule has 4 rings (SSSR count). The summed E-state index contributed by atoms with van der Waals surface area (Å²) < 4.78 is 10.2. The molecule has 3 aliphatic rings. The molecule has 4 unspecified atom stereocenters.